The lowest BCUT2D eigenvalue weighted by atomic mass is 10.2. The van der Waals surface area contributed by atoms with Crippen molar-refractivity contribution < 1.29 is 12.8 Å². The van der Waals surface area contributed by atoms with Crippen LogP contribution in [0.3, 0.4) is 0 Å². The molecule has 0 aliphatic rings. The number of nitrogen functional groups attached to an aromatic ring is 2. The van der Waals surface area contributed by atoms with Gasteiger partial charge in [0.15, 0.2) is 15.7 Å². The first-order valence-corrected chi connectivity index (χ1v) is 12.0. The molecule has 2 aromatic heterocycles. The van der Waals surface area contributed by atoms with E-state index in [0.717, 1.165) is 16.9 Å². The van der Waals surface area contributed by atoms with Crippen molar-refractivity contribution in [1.29, 1.82) is 5.26 Å². The molecule has 0 saturated heterocycles. The Morgan fingerprint density at radius 1 is 1.11 bits per heavy atom. The first-order chi connectivity index (χ1) is 16.5. The Hall–Kier alpha value is -4.57. The molecule has 178 valence electrons. The third-order valence-electron chi connectivity index (χ3n) is 5.18. The van der Waals surface area contributed by atoms with Gasteiger partial charge in [-0.1, -0.05) is 18.2 Å². The van der Waals surface area contributed by atoms with Crippen molar-refractivity contribution in [1.82, 2.24) is 19.5 Å². The second kappa shape index (κ2) is 8.65. The normalized spacial score (nSPS) is 12.3. The minimum absolute atomic E-state index is 0.00989. The molecule has 4 rings (SSSR count). The number of aromatic nitrogens is 4. The summed E-state index contributed by atoms with van der Waals surface area (Å²) in [7, 11) is -3.80. The van der Waals surface area contributed by atoms with Crippen LogP contribution in [0.2, 0.25) is 0 Å². The van der Waals surface area contributed by atoms with Crippen LogP contribution < -0.4 is 22.3 Å². The molecule has 0 saturated carbocycles. The van der Waals surface area contributed by atoms with Gasteiger partial charge in [-0.3, -0.25) is 9.36 Å². The lowest BCUT2D eigenvalue weighted by Gasteiger charge is -2.21. The van der Waals surface area contributed by atoms with Gasteiger partial charge in [0.1, 0.15) is 29.1 Å². The quantitative estimate of drug-likeness (QED) is 0.370. The van der Waals surface area contributed by atoms with Crippen LogP contribution in [0.15, 0.2) is 52.2 Å². The number of nitrogens with zero attached hydrogens (tertiary/aromatic N) is 5. The first-order valence-electron chi connectivity index (χ1n) is 10.1. The van der Waals surface area contributed by atoms with Crippen molar-refractivity contribution in [2.75, 3.05) is 23.0 Å². The van der Waals surface area contributed by atoms with Crippen LogP contribution in [-0.2, 0) is 9.84 Å². The van der Waals surface area contributed by atoms with E-state index >= 15 is 0 Å². The Kier molecular flexibility index (Phi) is 5.83. The van der Waals surface area contributed by atoms with Gasteiger partial charge in [-0.25, -0.2) is 17.8 Å². The molecular weight excluding hydrogens is 475 g/mol. The zero-order valence-electron chi connectivity index (χ0n) is 18.5. The summed E-state index contributed by atoms with van der Waals surface area (Å²) in [6, 6.07) is 10.8. The van der Waals surface area contributed by atoms with Crippen LogP contribution >= 0.6 is 0 Å². The van der Waals surface area contributed by atoms with Crippen LogP contribution in [-0.4, -0.2) is 34.2 Å². The molecule has 11 nitrogen and oxygen atoms in total. The second-order valence-electron chi connectivity index (χ2n) is 7.65. The molecule has 0 amide bonds. The van der Waals surface area contributed by atoms with E-state index in [1.165, 1.54) is 36.4 Å². The molecule has 4 aromatic rings. The Labute approximate surface area is 198 Å². The minimum atomic E-state index is -3.80. The van der Waals surface area contributed by atoms with Gasteiger partial charge in [0.2, 0.25) is 5.95 Å². The highest BCUT2D eigenvalue weighted by Crippen LogP contribution is 2.27. The van der Waals surface area contributed by atoms with Crippen LogP contribution in [0.25, 0.3) is 16.6 Å². The summed E-state index contributed by atoms with van der Waals surface area (Å²) < 4.78 is 40.6. The maximum atomic E-state index is 14.9. The highest BCUT2D eigenvalue weighted by molar-refractivity contribution is 7.91. The van der Waals surface area contributed by atoms with E-state index in [-0.39, 0.29) is 50.5 Å². The second-order valence-corrected chi connectivity index (χ2v) is 9.64. The zero-order valence-corrected chi connectivity index (χ0v) is 19.3. The standard InChI is InChI=1S/C22H19FN8O3S/c1-11(27-19-12(10-24)18(25)29-22(26)30-19)20-28-14-7-5-9-16(35(2,33)34)17(14)21(32)31(20)15-8-4-3-6-13(15)23/h3-9,11H,1-2H3,(H5,25,26,27,29,30). The summed E-state index contributed by atoms with van der Waals surface area (Å²) in [5, 5.41) is 12.2. The van der Waals surface area contributed by atoms with Gasteiger partial charge in [-0.2, -0.15) is 15.2 Å². The third-order valence-corrected chi connectivity index (χ3v) is 6.32. The smallest absolute Gasteiger partial charge is 0.267 e. The number of hydrogen-bond acceptors (Lipinski definition) is 10. The molecule has 0 fully saturated rings. The molecule has 1 unspecified atom stereocenters. The summed E-state index contributed by atoms with van der Waals surface area (Å²) in [6.07, 6.45) is 0.972. The number of para-hydroxylation sites is 1. The number of sulfone groups is 1. The Morgan fingerprint density at radius 3 is 2.49 bits per heavy atom. The predicted octanol–water partition coefficient (Wildman–Crippen LogP) is 1.93. The van der Waals surface area contributed by atoms with Crippen molar-refractivity contribution in [2.45, 2.75) is 17.9 Å². The van der Waals surface area contributed by atoms with Gasteiger partial charge >= 0.3 is 0 Å². The van der Waals surface area contributed by atoms with Gasteiger partial charge in [-0.05, 0) is 31.2 Å². The molecule has 13 heteroatoms. The summed E-state index contributed by atoms with van der Waals surface area (Å²) in [5.41, 5.74) is 10.5. The fourth-order valence-electron chi connectivity index (χ4n) is 3.66. The zero-order chi connectivity index (χ0) is 25.5. The molecule has 0 bridgehead atoms. The first kappa shape index (κ1) is 23.6. The average Bonchev–Trinajstić information content (AvgIpc) is 2.78. The van der Waals surface area contributed by atoms with E-state index in [9.17, 15) is 22.9 Å². The summed E-state index contributed by atoms with van der Waals surface area (Å²) >= 11 is 0. The van der Waals surface area contributed by atoms with Gasteiger partial charge in [0, 0.05) is 6.26 Å². The Bertz CT molecular complexity index is 1700. The summed E-state index contributed by atoms with van der Waals surface area (Å²) in [4.78, 5) is 25.7. The van der Waals surface area contributed by atoms with Crippen molar-refractivity contribution >= 4 is 38.3 Å². The van der Waals surface area contributed by atoms with E-state index in [1.807, 2.05) is 6.07 Å². The van der Waals surface area contributed by atoms with Crippen molar-refractivity contribution in [3.05, 3.63) is 70.0 Å². The molecule has 0 spiro atoms. The van der Waals surface area contributed by atoms with Crippen LogP contribution in [0, 0.1) is 17.1 Å². The molecule has 35 heavy (non-hydrogen) atoms. The number of nitriles is 1. The molecule has 2 heterocycles. The summed E-state index contributed by atoms with van der Waals surface area (Å²) in [5.74, 6) is -1.05. The topological polar surface area (TPSA) is 183 Å². The lowest BCUT2D eigenvalue weighted by molar-refractivity contribution is 0.602. The summed E-state index contributed by atoms with van der Waals surface area (Å²) in [6.45, 7) is 1.60. The van der Waals surface area contributed by atoms with Crippen LogP contribution in [0.5, 0.6) is 0 Å². The molecule has 0 radical (unpaired) electrons. The van der Waals surface area contributed by atoms with E-state index in [2.05, 4.69) is 20.3 Å². The third kappa shape index (κ3) is 4.22. The predicted molar refractivity (Wildman–Crippen MR) is 128 cm³/mol. The van der Waals surface area contributed by atoms with Crippen molar-refractivity contribution in [2.24, 2.45) is 0 Å². The van der Waals surface area contributed by atoms with Crippen molar-refractivity contribution in [3.63, 3.8) is 0 Å². The number of benzene rings is 2. The number of anilines is 3. The maximum Gasteiger partial charge on any atom is 0.267 e. The fraction of sp³-hybridized carbons (Fsp3) is 0.136. The van der Waals surface area contributed by atoms with Crippen LogP contribution in [0.1, 0.15) is 24.4 Å². The fourth-order valence-corrected chi connectivity index (χ4v) is 4.55. The molecule has 5 N–H and O–H groups in total. The molecular formula is C22H19FN8O3S. The Morgan fingerprint density at radius 2 is 1.83 bits per heavy atom. The molecule has 2 aromatic carbocycles. The van der Waals surface area contributed by atoms with Crippen molar-refractivity contribution in [3.8, 4) is 11.8 Å². The van der Waals surface area contributed by atoms with Gasteiger partial charge in [0.05, 0.1) is 27.5 Å². The highest BCUT2D eigenvalue weighted by atomic mass is 32.2. The highest BCUT2D eigenvalue weighted by Gasteiger charge is 2.25. The van der Waals surface area contributed by atoms with E-state index in [0.29, 0.717) is 0 Å². The van der Waals surface area contributed by atoms with Gasteiger partial charge in [0.25, 0.3) is 5.56 Å². The van der Waals surface area contributed by atoms with E-state index in [4.69, 9.17) is 11.5 Å². The van der Waals surface area contributed by atoms with Gasteiger partial charge < -0.3 is 16.8 Å². The lowest BCUT2D eigenvalue weighted by Crippen LogP contribution is -2.29. The largest absolute Gasteiger partial charge is 0.382 e. The molecule has 1 atom stereocenters. The van der Waals surface area contributed by atoms with Gasteiger partial charge in [-0.15, -0.1) is 0 Å². The van der Waals surface area contributed by atoms with E-state index in [1.54, 1.807) is 6.92 Å². The number of hydrogen-bond donors (Lipinski definition) is 3. The number of nitrogens with one attached hydrogen (secondary N) is 1. The molecule has 0 aliphatic heterocycles. The Balaban J connectivity index is 2.03. The number of halogens is 1. The molecule has 0 aliphatic carbocycles. The van der Waals surface area contributed by atoms with Crippen LogP contribution in [0.4, 0.5) is 22.0 Å². The maximum absolute atomic E-state index is 14.9. The number of nitrogens with two attached hydrogens (primary N) is 2. The monoisotopic (exact) mass is 494 g/mol. The number of rotatable bonds is 5. The van der Waals surface area contributed by atoms with E-state index < -0.39 is 27.3 Å². The minimum Gasteiger partial charge on any atom is -0.382 e. The SMILES string of the molecule is CC(Nc1nc(N)nc(N)c1C#N)c1nc2cccc(S(C)(=O)=O)c2c(=O)n1-c1ccccc1F. The number of fused-ring (bicyclic) bond motifs is 1. The average molecular weight is 495 g/mol.